The van der Waals surface area contributed by atoms with Crippen LogP contribution in [0.25, 0.3) is 0 Å². The van der Waals surface area contributed by atoms with E-state index in [0.29, 0.717) is 0 Å². The smallest absolute Gasteiger partial charge is 0.326 e. The molecular formula is C12H22N2O5S. The molecule has 0 aliphatic rings. The maximum atomic E-state index is 11.9. The van der Waals surface area contributed by atoms with Crippen LogP contribution in [0.2, 0.25) is 0 Å². The fourth-order valence-corrected chi connectivity index (χ4v) is 2.04. The number of carboxylic acid groups (broad SMARTS) is 2. The van der Waals surface area contributed by atoms with Gasteiger partial charge in [-0.2, -0.15) is 11.8 Å². The van der Waals surface area contributed by atoms with Crippen molar-refractivity contribution >= 4 is 29.7 Å². The highest BCUT2D eigenvalue weighted by Crippen LogP contribution is 2.07. The molecule has 0 aliphatic carbocycles. The fourth-order valence-electron chi connectivity index (χ4n) is 1.46. The molecule has 0 bridgehead atoms. The standard InChI is InChI=1S/C12H22N2O5S/c1-8(6-7-20-3)14(2)12(19)13-9(11(17)18)4-5-10(15)16/h8-9H,4-7H2,1-3H3,(H,13,19)(H,15,16)(H,17,18)/t8?,9-/m0/s1. The second-order valence-electron chi connectivity index (χ2n) is 4.51. The molecule has 7 nitrogen and oxygen atoms in total. The van der Waals surface area contributed by atoms with E-state index in [1.54, 1.807) is 18.8 Å². The Morgan fingerprint density at radius 2 is 1.85 bits per heavy atom. The number of carbonyl (C=O) groups is 3. The molecule has 116 valence electrons. The van der Waals surface area contributed by atoms with Crippen LogP contribution in [0.15, 0.2) is 0 Å². The lowest BCUT2D eigenvalue weighted by molar-refractivity contribution is -0.140. The number of urea groups is 1. The summed E-state index contributed by atoms with van der Waals surface area (Å²) in [5.41, 5.74) is 0. The second kappa shape index (κ2) is 9.46. The van der Waals surface area contributed by atoms with Crippen molar-refractivity contribution in [1.29, 1.82) is 0 Å². The Morgan fingerprint density at radius 3 is 2.30 bits per heavy atom. The van der Waals surface area contributed by atoms with Crippen LogP contribution in [-0.4, -0.2) is 64.2 Å². The zero-order valence-electron chi connectivity index (χ0n) is 12.0. The van der Waals surface area contributed by atoms with E-state index in [4.69, 9.17) is 10.2 Å². The maximum absolute atomic E-state index is 11.9. The van der Waals surface area contributed by atoms with Crippen LogP contribution in [0.4, 0.5) is 4.79 Å². The minimum atomic E-state index is -1.23. The minimum absolute atomic E-state index is 0.0173. The van der Waals surface area contributed by atoms with Crippen LogP contribution in [0.3, 0.4) is 0 Å². The molecule has 0 saturated carbocycles. The summed E-state index contributed by atoms with van der Waals surface area (Å²) in [5, 5.41) is 19.9. The average Bonchev–Trinajstić information content (AvgIpc) is 2.38. The maximum Gasteiger partial charge on any atom is 0.326 e. The first-order valence-corrected chi connectivity index (χ1v) is 7.65. The van der Waals surface area contributed by atoms with Gasteiger partial charge in [-0.3, -0.25) is 4.79 Å². The Bertz CT molecular complexity index is 351. The van der Waals surface area contributed by atoms with Crippen molar-refractivity contribution < 1.29 is 24.6 Å². The molecule has 1 unspecified atom stereocenters. The molecule has 0 fully saturated rings. The summed E-state index contributed by atoms with van der Waals surface area (Å²) < 4.78 is 0. The predicted octanol–water partition coefficient (Wildman–Crippen LogP) is 1.09. The number of nitrogens with one attached hydrogen (secondary N) is 1. The summed E-state index contributed by atoms with van der Waals surface area (Å²) in [5.74, 6) is -1.42. The zero-order valence-corrected chi connectivity index (χ0v) is 12.8. The lowest BCUT2D eigenvalue weighted by Gasteiger charge is -2.26. The van der Waals surface area contributed by atoms with Gasteiger partial charge >= 0.3 is 18.0 Å². The number of hydrogen-bond donors (Lipinski definition) is 3. The third-order valence-corrected chi connectivity index (χ3v) is 3.61. The third kappa shape index (κ3) is 7.22. The van der Waals surface area contributed by atoms with Crippen molar-refractivity contribution in [3.63, 3.8) is 0 Å². The average molecular weight is 306 g/mol. The van der Waals surface area contributed by atoms with Gasteiger partial charge in [-0.05, 0) is 31.8 Å². The Kier molecular flexibility index (Phi) is 8.78. The van der Waals surface area contributed by atoms with E-state index in [1.165, 1.54) is 4.90 Å². The molecule has 0 heterocycles. The van der Waals surface area contributed by atoms with Gasteiger partial charge in [-0.15, -0.1) is 0 Å². The lowest BCUT2D eigenvalue weighted by Crippen LogP contribution is -2.49. The molecule has 0 aromatic heterocycles. The Morgan fingerprint density at radius 1 is 1.25 bits per heavy atom. The van der Waals surface area contributed by atoms with Gasteiger partial charge < -0.3 is 20.4 Å². The van der Waals surface area contributed by atoms with Gasteiger partial charge in [0.25, 0.3) is 0 Å². The van der Waals surface area contributed by atoms with Crippen LogP contribution in [0.5, 0.6) is 0 Å². The normalized spacial score (nSPS) is 13.3. The van der Waals surface area contributed by atoms with Crippen LogP contribution in [0.1, 0.15) is 26.2 Å². The number of carbonyl (C=O) groups excluding carboxylic acids is 1. The first-order valence-electron chi connectivity index (χ1n) is 6.26. The van der Waals surface area contributed by atoms with Gasteiger partial charge in [0.2, 0.25) is 0 Å². The SMILES string of the molecule is CSCCC(C)N(C)C(=O)N[C@@H](CCC(=O)O)C(=O)O. The highest BCUT2D eigenvalue weighted by Gasteiger charge is 2.24. The van der Waals surface area contributed by atoms with E-state index in [1.807, 2.05) is 13.2 Å². The minimum Gasteiger partial charge on any atom is -0.481 e. The van der Waals surface area contributed by atoms with E-state index < -0.39 is 24.0 Å². The zero-order chi connectivity index (χ0) is 15.7. The molecule has 0 aromatic carbocycles. The summed E-state index contributed by atoms with van der Waals surface area (Å²) in [6.45, 7) is 1.88. The lowest BCUT2D eigenvalue weighted by atomic mass is 10.1. The van der Waals surface area contributed by atoms with Gasteiger partial charge in [-0.25, -0.2) is 9.59 Å². The number of amides is 2. The molecule has 0 aliphatic heterocycles. The van der Waals surface area contributed by atoms with Crippen molar-refractivity contribution in [1.82, 2.24) is 10.2 Å². The van der Waals surface area contributed by atoms with Crippen LogP contribution >= 0.6 is 11.8 Å². The molecular weight excluding hydrogens is 284 g/mol. The Labute approximate surface area is 122 Å². The first-order chi connectivity index (χ1) is 9.29. The van der Waals surface area contributed by atoms with Gasteiger partial charge in [0.1, 0.15) is 6.04 Å². The summed E-state index contributed by atoms with van der Waals surface area (Å²) in [4.78, 5) is 34.8. The summed E-state index contributed by atoms with van der Waals surface area (Å²) in [7, 11) is 1.59. The fraction of sp³-hybridized carbons (Fsp3) is 0.750. The number of aliphatic carboxylic acids is 2. The van der Waals surface area contributed by atoms with Crippen molar-refractivity contribution in [2.75, 3.05) is 19.1 Å². The highest BCUT2D eigenvalue weighted by atomic mass is 32.2. The predicted molar refractivity (Wildman–Crippen MR) is 77.0 cm³/mol. The van der Waals surface area contributed by atoms with Crippen molar-refractivity contribution in [3.05, 3.63) is 0 Å². The molecule has 0 radical (unpaired) electrons. The molecule has 0 rings (SSSR count). The number of carboxylic acids is 2. The van der Waals surface area contributed by atoms with Crippen LogP contribution in [0, 0.1) is 0 Å². The Balaban J connectivity index is 4.43. The largest absolute Gasteiger partial charge is 0.481 e. The Hall–Kier alpha value is -1.44. The molecule has 2 amide bonds. The monoisotopic (exact) mass is 306 g/mol. The number of thioether (sulfide) groups is 1. The van der Waals surface area contributed by atoms with Crippen molar-refractivity contribution in [3.8, 4) is 0 Å². The van der Waals surface area contributed by atoms with Gasteiger partial charge in [0.05, 0.1) is 0 Å². The number of hydrogen-bond acceptors (Lipinski definition) is 4. The van der Waals surface area contributed by atoms with E-state index in [0.717, 1.165) is 12.2 Å². The van der Waals surface area contributed by atoms with Crippen LogP contribution < -0.4 is 5.32 Å². The van der Waals surface area contributed by atoms with E-state index in [9.17, 15) is 14.4 Å². The van der Waals surface area contributed by atoms with Gasteiger partial charge in [-0.1, -0.05) is 0 Å². The molecule has 8 heteroatoms. The van der Waals surface area contributed by atoms with Crippen molar-refractivity contribution in [2.24, 2.45) is 0 Å². The third-order valence-electron chi connectivity index (χ3n) is 2.96. The van der Waals surface area contributed by atoms with E-state index in [2.05, 4.69) is 5.32 Å². The van der Waals surface area contributed by atoms with Gasteiger partial charge in [0.15, 0.2) is 0 Å². The summed E-state index contributed by atoms with van der Waals surface area (Å²) in [6.07, 6.45) is 2.34. The topological polar surface area (TPSA) is 107 Å². The second-order valence-corrected chi connectivity index (χ2v) is 5.50. The molecule has 0 saturated heterocycles. The number of rotatable bonds is 9. The molecule has 0 aromatic rings. The first kappa shape index (κ1) is 18.6. The molecule has 0 spiro atoms. The summed E-state index contributed by atoms with van der Waals surface area (Å²) >= 11 is 1.67. The molecule has 2 atom stereocenters. The van der Waals surface area contributed by atoms with Crippen LogP contribution in [-0.2, 0) is 9.59 Å². The van der Waals surface area contributed by atoms with Crippen molar-refractivity contribution in [2.45, 2.75) is 38.3 Å². The van der Waals surface area contributed by atoms with Gasteiger partial charge in [0, 0.05) is 19.5 Å². The molecule has 3 N–H and O–H groups in total. The van der Waals surface area contributed by atoms with E-state index >= 15 is 0 Å². The summed E-state index contributed by atoms with van der Waals surface area (Å²) in [6, 6.07) is -1.71. The van der Waals surface area contributed by atoms with E-state index in [-0.39, 0.29) is 18.9 Å². The quantitative estimate of drug-likeness (QED) is 0.588. The molecule has 20 heavy (non-hydrogen) atoms. The highest BCUT2D eigenvalue weighted by molar-refractivity contribution is 7.98. The number of nitrogens with zero attached hydrogens (tertiary/aromatic N) is 1.